The average molecular weight is 344 g/mol. The van der Waals surface area contributed by atoms with Gasteiger partial charge in [-0.3, -0.25) is 4.79 Å². The van der Waals surface area contributed by atoms with Crippen LogP contribution in [-0.4, -0.2) is 43.1 Å². The first-order valence-electron chi connectivity index (χ1n) is 8.97. The van der Waals surface area contributed by atoms with Crippen molar-refractivity contribution in [3.8, 4) is 0 Å². The molecule has 0 atom stereocenters. The van der Waals surface area contributed by atoms with Gasteiger partial charge in [0.15, 0.2) is 5.13 Å². The van der Waals surface area contributed by atoms with Crippen LogP contribution in [0, 0.1) is 0 Å². The fraction of sp³-hybridized carbons (Fsp3) is 0.556. The summed E-state index contributed by atoms with van der Waals surface area (Å²) in [6, 6.07) is 6.23. The van der Waals surface area contributed by atoms with Gasteiger partial charge in [0.1, 0.15) is 0 Å². The highest BCUT2D eigenvalue weighted by Crippen LogP contribution is 2.30. The van der Waals surface area contributed by atoms with Crippen LogP contribution >= 0.6 is 11.3 Å². The summed E-state index contributed by atoms with van der Waals surface area (Å²) >= 11 is 1.69. The molecule has 1 saturated carbocycles. The molecule has 128 valence electrons. The molecule has 1 aromatic heterocycles. The van der Waals surface area contributed by atoms with Crippen LogP contribution in [0.3, 0.4) is 0 Å². The first-order chi connectivity index (χ1) is 11.8. The van der Waals surface area contributed by atoms with E-state index in [-0.39, 0.29) is 5.91 Å². The largest absolute Gasteiger partial charge is 0.349 e. The predicted octanol–water partition coefficient (Wildman–Crippen LogP) is 2.77. The Balaban J connectivity index is 1.50. The Morgan fingerprint density at radius 2 is 2.00 bits per heavy atom. The number of hydrogen-bond acceptors (Lipinski definition) is 5. The van der Waals surface area contributed by atoms with Crippen molar-refractivity contribution in [2.24, 2.45) is 0 Å². The lowest BCUT2D eigenvalue weighted by Crippen LogP contribution is -2.43. The number of aromatic nitrogens is 1. The van der Waals surface area contributed by atoms with Crippen LogP contribution in [0.4, 0.5) is 5.13 Å². The van der Waals surface area contributed by atoms with Gasteiger partial charge in [0, 0.05) is 37.8 Å². The van der Waals surface area contributed by atoms with Gasteiger partial charge in [0.05, 0.1) is 10.2 Å². The lowest BCUT2D eigenvalue weighted by atomic mass is 9.95. The van der Waals surface area contributed by atoms with Gasteiger partial charge in [0.2, 0.25) is 0 Å². The molecular weight excluding hydrogens is 320 g/mol. The first-order valence-corrected chi connectivity index (χ1v) is 9.78. The number of carbonyl (C=O) groups excluding carboxylic acids is 1. The number of thiazole rings is 1. The van der Waals surface area contributed by atoms with Crippen LogP contribution in [0.2, 0.25) is 0 Å². The normalized spacial score (nSPS) is 19.6. The molecule has 1 aliphatic carbocycles. The minimum Gasteiger partial charge on any atom is -0.349 e. The molecule has 24 heavy (non-hydrogen) atoms. The van der Waals surface area contributed by atoms with Crippen LogP contribution in [0.5, 0.6) is 0 Å². The summed E-state index contributed by atoms with van der Waals surface area (Å²) in [6.07, 6.45) is 5.98. The number of benzene rings is 1. The van der Waals surface area contributed by atoms with E-state index >= 15 is 0 Å². The second kappa shape index (κ2) is 7.07. The topological polar surface area (TPSA) is 57.3 Å². The van der Waals surface area contributed by atoms with Crippen LogP contribution in [0.25, 0.3) is 10.2 Å². The molecule has 2 fully saturated rings. The van der Waals surface area contributed by atoms with E-state index in [2.05, 4.69) is 15.5 Å². The molecule has 1 aliphatic heterocycles. The maximum absolute atomic E-state index is 12.5. The third kappa shape index (κ3) is 3.39. The number of rotatable bonds is 3. The molecule has 4 rings (SSSR count). The Kier molecular flexibility index (Phi) is 4.67. The van der Waals surface area contributed by atoms with Gasteiger partial charge in [-0.1, -0.05) is 30.6 Å². The van der Waals surface area contributed by atoms with E-state index < -0.39 is 0 Å². The number of anilines is 1. The Morgan fingerprint density at radius 3 is 2.79 bits per heavy atom. The number of amides is 1. The summed E-state index contributed by atoms with van der Waals surface area (Å²) in [5.74, 6) is 0.0564. The molecule has 1 saturated heterocycles. The number of nitrogens with one attached hydrogen (secondary N) is 2. The zero-order chi connectivity index (χ0) is 16.4. The monoisotopic (exact) mass is 344 g/mol. The summed E-state index contributed by atoms with van der Waals surface area (Å²) in [6.45, 7) is 4.00. The number of piperazine rings is 1. The van der Waals surface area contributed by atoms with Crippen LogP contribution in [0.15, 0.2) is 18.2 Å². The minimum atomic E-state index is 0.0564. The SMILES string of the molecule is O=C(NC1CCCCC1)c1ccc2nc(N3CCNCC3)sc2c1. The standard InChI is InChI=1S/C18H24N4OS/c23-17(20-14-4-2-1-3-5-14)13-6-7-15-16(12-13)24-18(21-15)22-10-8-19-9-11-22/h6-7,12,14,19H,1-5,8-11H2,(H,20,23). The number of fused-ring (bicyclic) bond motifs is 1. The van der Waals surface area contributed by atoms with Gasteiger partial charge in [-0.2, -0.15) is 0 Å². The molecule has 1 amide bonds. The van der Waals surface area contributed by atoms with Gasteiger partial charge in [-0.25, -0.2) is 4.98 Å². The average Bonchev–Trinajstić information content (AvgIpc) is 3.06. The molecule has 0 radical (unpaired) electrons. The van der Waals surface area contributed by atoms with Gasteiger partial charge in [-0.15, -0.1) is 0 Å². The molecule has 0 spiro atoms. The lowest BCUT2D eigenvalue weighted by molar-refractivity contribution is 0.0928. The smallest absolute Gasteiger partial charge is 0.251 e. The summed E-state index contributed by atoms with van der Waals surface area (Å²) < 4.78 is 1.10. The molecule has 2 aromatic rings. The van der Waals surface area contributed by atoms with Crippen molar-refractivity contribution in [3.63, 3.8) is 0 Å². The van der Waals surface area contributed by atoms with Crippen molar-refractivity contribution < 1.29 is 4.79 Å². The van der Waals surface area contributed by atoms with E-state index in [0.717, 1.165) is 59.9 Å². The molecule has 2 N–H and O–H groups in total. The van der Waals surface area contributed by atoms with Gasteiger partial charge in [-0.05, 0) is 31.0 Å². The minimum absolute atomic E-state index is 0.0564. The predicted molar refractivity (Wildman–Crippen MR) is 99.0 cm³/mol. The summed E-state index contributed by atoms with van der Waals surface area (Å²) in [7, 11) is 0. The van der Waals surface area contributed by atoms with Crippen LogP contribution in [-0.2, 0) is 0 Å². The van der Waals surface area contributed by atoms with Crippen molar-refractivity contribution in [1.29, 1.82) is 0 Å². The zero-order valence-electron chi connectivity index (χ0n) is 13.9. The van der Waals surface area contributed by atoms with Crippen LogP contribution in [0.1, 0.15) is 42.5 Å². The first kappa shape index (κ1) is 15.8. The van der Waals surface area contributed by atoms with Gasteiger partial charge >= 0.3 is 0 Å². The number of carbonyl (C=O) groups is 1. The number of hydrogen-bond donors (Lipinski definition) is 2. The number of nitrogens with zero attached hydrogens (tertiary/aromatic N) is 2. The van der Waals surface area contributed by atoms with Crippen molar-refractivity contribution in [1.82, 2.24) is 15.6 Å². The fourth-order valence-corrected chi connectivity index (χ4v) is 4.62. The molecule has 0 bridgehead atoms. The van der Waals surface area contributed by atoms with E-state index in [1.807, 2.05) is 18.2 Å². The summed E-state index contributed by atoms with van der Waals surface area (Å²) in [5, 5.41) is 7.63. The lowest BCUT2D eigenvalue weighted by Gasteiger charge is -2.26. The highest BCUT2D eigenvalue weighted by molar-refractivity contribution is 7.22. The van der Waals surface area contributed by atoms with Gasteiger partial charge < -0.3 is 15.5 Å². The Hall–Kier alpha value is -1.66. The summed E-state index contributed by atoms with van der Waals surface area (Å²) in [5.41, 5.74) is 1.74. The summed E-state index contributed by atoms with van der Waals surface area (Å²) in [4.78, 5) is 19.6. The van der Waals surface area contributed by atoms with E-state index in [4.69, 9.17) is 4.98 Å². The van der Waals surface area contributed by atoms with Crippen molar-refractivity contribution >= 4 is 32.6 Å². The quantitative estimate of drug-likeness (QED) is 0.899. The molecule has 2 heterocycles. The fourth-order valence-electron chi connectivity index (χ4n) is 3.56. The second-order valence-corrected chi connectivity index (χ2v) is 7.73. The van der Waals surface area contributed by atoms with Crippen molar-refractivity contribution in [3.05, 3.63) is 23.8 Å². The maximum atomic E-state index is 12.5. The Labute approximate surface area is 146 Å². The molecule has 0 unspecified atom stereocenters. The Morgan fingerprint density at radius 1 is 1.21 bits per heavy atom. The molecule has 5 nitrogen and oxygen atoms in total. The second-order valence-electron chi connectivity index (χ2n) is 6.72. The zero-order valence-corrected chi connectivity index (χ0v) is 14.7. The van der Waals surface area contributed by atoms with E-state index in [1.165, 1.54) is 19.3 Å². The third-order valence-electron chi connectivity index (χ3n) is 4.97. The molecule has 2 aliphatic rings. The van der Waals surface area contributed by atoms with E-state index in [9.17, 15) is 4.79 Å². The third-order valence-corrected chi connectivity index (χ3v) is 6.05. The maximum Gasteiger partial charge on any atom is 0.251 e. The van der Waals surface area contributed by atoms with E-state index in [1.54, 1.807) is 11.3 Å². The molecule has 6 heteroatoms. The highest BCUT2D eigenvalue weighted by Gasteiger charge is 2.18. The van der Waals surface area contributed by atoms with E-state index in [0.29, 0.717) is 6.04 Å². The van der Waals surface area contributed by atoms with Crippen LogP contribution < -0.4 is 15.5 Å². The van der Waals surface area contributed by atoms with Crippen molar-refractivity contribution in [2.45, 2.75) is 38.1 Å². The van der Waals surface area contributed by atoms with Crippen molar-refractivity contribution in [2.75, 3.05) is 31.1 Å². The molecular formula is C18H24N4OS. The Bertz CT molecular complexity index is 717. The van der Waals surface area contributed by atoms with Gasteiger partial charge in [0.25, 0.3) is 5.91 Å². The highest BCUT2D eigenvalue weighted by atomic mass is 32.1. The molecule has 1 aromatic carbocycles.